The largest absolute Gasteiger partial charge is 0.390 e. The summed E-state index contributed by atoms with van der Waals surface area (Å²) in [4.78, 5) is 0. The fourth-order valence-corrected chi connectivity index (χ4v) is 3.28. The molecule has 0 aliphatic carbocycles. The summed E-state index contributed by atoms with van der Waals surface area (Å²) in [6.07, 6.45) is 2.87. The van der Waals surface area contributed by atoms with Gasteiger partial charge in [0.2, 0.25) is 0 Å². The maximum absolute atomic E-state index is 10.5. The van der Waals surface area contributed by atoms with Crippen LogP contribution in [0.25, 0.3) is 0 Å². The lowest BCUT2D eigenvalue weighted by Crippen LogP contribution is -2.49. The summed E-state index contributed by atoms with van der Waals surface area (Å²) in [7, 11) is 0. The molecule has 1 aromatic heterocycles. The Labute approximate surface area is 113 Å². The molecular weight excluding hydrogens is 248 g/mol. The van der Waals surface area contributed by atoms with E-state index >= 15 is 0 Å². The summed E-state index contributed by atoms with van der Waals surface area (Å²) in [6.45, 7) is 4.02. The van der Waals surface area contributed by atoms with E-state index in [-0.39, 0.29) is 5.60 Å². The minimum absolute atomic E-state index is 0.386. The van der Waals surface area contributed by atoms with Gasteiger partial charge in [0.05, 0.1) is 11.7 Å². The van der Waals surface area contributed by atoms with E-state index in [0.29, 0.717) is 19.8 Å². The number of hydrogen-bond donors (Lipinski definition) is 1. The van der Waals surface area contributed by atoms with Gasteiger partial charge in [0.25, 0.3) is 0 Å². The third-order valence-corrected chi connectivity index (χ3v) is 4.40. The second kappa shape index (κ2) is 6.66. The van der Waals surface area contributed by atoms with Crippen LogP contribution in [0, 0.1) is 0 Å². The summed E-state index contributed by atoms with van der Waals surface area (Å²) in [5.74, 6) is 0. The summed E-state index contributed by atoms with van der Waals surface area (Å²) in [6, 6.07) is 2.12. The Morgan fingerprint density at radius 2 is 2.28 bits per heavy atom. The van der Waals surface area contributed by atoms with Crippen LogP contribution < -0.4 is 0 Å². The normalized spacial score (nSPS) is 20.8. The molecule has 1 fully saturated rings. The molecule has 1 N–H and O–H groups in total. The SMILES string of the molecule is CCOC1(C(O)CCc2ccsc2)CCOCC1. The second-order valence-corrected chi connectivity index (χ2v) is 5.58. The molecule has 0 radical (unpaired) electrons. The average Bonchev–Trinajstić information content (AvgIpc) is 2.90. The van der Waals surface area contributed by atoms with Crippen molar-refractivity contribution in [3.63, 3.8) is 0 Å². The maximum atomic E-state index is 10.5. The minimum Gasteiger partial charge on any atom is -0.390 e. The predicted molar refractivity (Wildman–Crippen MR) is 73.1 cm³/mol. The van der Waals surface area contributed by atoms with E-state index in [4.69, 9.17) is 9.47 Å². The minimum atomic E-state index is -0.402. The Balaban J connectivity index is 1.92. The molecule has 4 heteroatoms. The quantitative estimate of drug-likeness (QED) is 0.863. The van der Waals surface area contributed by atoms with Crippen molar-refractivity contribution in [2.24, 2.45) is 0 Å². The zero-order valence-corrected chi connectivity index (χ0v) is 11.7. The van der Waals surface area contributed by atoms with Gasteiger partial charge >= 0.3 is 0 Å². The Kier molecular flexibility index (Phi) is 5.18. The van der Waals surface area contributed by atoms with Crippen LogP contribution in [0.15, 0.2) is 16.8 Å². The first-order chi connectivity index (χ1) is 8.77. The van der Waals surface area contributed by atoms with Crippen LogP contribution in [-0.4, -0.2) is 36.6 Å². The molecule has 0 spiro atoms. The molecule has 0 saturated carbocycles. The van der Waals surface area contributed by atoms with Crippen LogP contribution in [0.5, 0.6) is 0 Å². The van der Waals surface area contributed by atoms with Gasteiger partial charge in [0.15, 0.2) is 0 Å². The molecule has 1 saturated heterocycles. The van der Waals surface area contributed by atoms with Gasteiger partial charge in [-0.2, -0.15) is 11.3 Å². The monoisotopic (exact) mass is 270 g/mol. The fraction of sp³-hybridized carbons (Fsp3) is 0.714. The lowest BCUT2D eigenvalue weighted by atomic mass is 9.85. The highest BCUT2D eigenvalue weighted by Crippen LogP contribution is 2.31. The first kappa shape index (κ1) is 14.0. The molecule has 0 aromatic carbocycles. The van der Waals surface area contributed by atoms with Gasteiger partial charge in [0, 0.05) is 32.7 Å². The second-order valence-electron chi connectivity index (χ2n) is 4.80. The number of rotatable bonds is 6. The Morgan fingerprint density at radius 1 is 1.50 bits per heavy atom. The van der Waals surface area contributed by atoms with E-state index in [1.54, 1.807) is 11.3 Å². The molecule has 1 unspecified atom stereocenters. The van der Waals surface area contributed by atoms with Crippen LogP contribution in [0.1, 0.15) is 31.7 Å². The third kappa shape index (κ3) is 3.32. The van der Waals surface area contributed by atoms with Crippen LogP contribution >= 0.6 is 11.3 Å². The summed E-state index contributed by atoms with van der Waals surface area (Å²) >= 11 is 1.70. The van der Waals surface area contributed by atoms with E-state index in [2.05, 4.69) is 16.8 Å². The predicted octanol–water partition coefficient (Wildman–Crippen LogP) is 2.63. The van der Waals surface area contributed by atoms with E-state index in [9.17, 15) is 5.11 Å². The lowest BCUT2D eigenvalue weighted by molar-refractivity contribution is -0.167. The van der Waals surface area contributed by atoms with Gasteiger partial charge < -0.3 is 14.6 Å². The van der Waals surface area contributed by atoms with Gasteiger partial charge in [-0.1, -0.05) is 0 Å². The Bertz CT molecular complexity index is 325. The maximum Gasteiger partial charge on any atom is 0.0983 e. The van der Waals surface area contributed by atoms with E-state index < -0.39 is 6.10 Å². The molecule has 1 aromatic rings. The first-order valence-corrected chi connectivity index (χ1v) is 7.62. The number of aryl methyl sites for hydroxylation is 1. The highest BCUT2D eigenvalue weighted by Gasteiger charge is 2.39. The fourth-order valence-electron chi connectivity index (χ4n) is 2.58. The molecule has 2 rings (SSSR count). The number of aliphatic hydroxyl groups is 1. The van der Waals surface area contributed by atoms with Crippen molar-refractivity contribution in [1.82, 2.24) is 0 Å². The molecule has 0 bridgehead atoms. The number of ether oxygens (including phenoxy) is 2. The van der Waals surface area contributed by atoms with Gasteiger partial charge in [-0.3, -0.25) is 0 Å². The highest BCUT2D eigenvalue weighted by atomic mass is 32.1. The highest BCUT2D eigenvalue weighted by molar-refractivity contribution is 7.07. The van der Waals surface area contributed by atoms with E-state index in [0.717, 1.165) is 25.7 Å². The van der Waals surface area contributed by atoms with Crippen LogP contribution in [0.3, 0.4) is 0 Å². The summed E-state index contributed by atoms with van der Waals surface area (Å²) < 4.78 is 11.3. The smallest absolute Gasteiger partial charge is 0.0983 e. The van der Waals surface area contributed by atoms with Crippen LogP contribution in [-0.2, 0) is 15.9 Å². The zero-order chi connectivity index (χ0) is 12.8. The van der Waals surface area contributed by atoms with Crippen molar-refractivity contribution in [3.8, 4) is 0 Å². The van der Waals surface area contributed by atoms with Crippen molar-refractivity contribution in [1.29, 1.82) is 0 Å². The van der Waals surface area contributed by atoms with Gasteiger partial charge in [-0.05, 0) is 42.2 Å². The lowest BCUT2D eigenvalue weighted by Gasteiger charge is -2.40. The molecule has 102 valence electrons. The van der Waals surface area contributed by atoms with Crippen molar-refractivity contribution in [3.05, 3.63) is 22.4 Å². The average molecular weight is 270 g/mol. The first-order valence-electron chi connectivity index (χ1n) is 6.68. The molecule has 0 amide bonds. The Hall–Kier alpha value is -0.420. The van der Waals surface area contributed by atoms with Crippen molar-refractivity contribution >= 4 is 11.3 Å². The third-order valence-electron chi connectivity index (χ3n) is 3.66. The van der Waals surface area contributed by atoms with Crippen LogP contribution in [0.4, 0.5) is 0 Å². The molecule has 2 heterocycles. The van der Waals surface area contributed by atoms with Crippen molar-refractivity contribution in [2.75, 3.05) is 19.8 Å². The topological polar surface area (TPSA) is 38.7 Å². The number of aliphatic hydroxyl groups excluding tert-OH is 1. The standard InChI is InChI=1S/C14H22O3S/c1-2-17-14(6-8-16-9-7-14)13(15)4-3-12-5-10-18-11-12/h5,10-11,13,15H,2-4,6-9H2,1H3. The van der Waals surface area contributed by atoms with E-state index in [1.165, 1.54) is 5.56 Å². The molecular formula is C14H22O3S. The molecule has 1 aliphatic heterocycles. The van der Waals surface area contributed by atoms with Crippen molar-refractivity contribution in [2.45, 2.75) is 44.3 Å². The Morgan fingerprint density at radius 3 is 2.89 bits per heavy atom. The molecule has 3 nitrogen and oxygen atoms in total. The van der Waals surface area contributed by atoms with Gasteiger partial charge in [0.1, 0.15) is 0 Å². The van der Waals surface area contributed by atoms with E-state index in [1.807, 2.05) is 6.92 Å². The molecule has 1 aliphatic rings. The number of hydrogen-bond acceptors (Lipinski definition) is 4. The van der Waals surface area contributed by atoms with Gasteiger partial charge in [-0.25, -0.2) is 0 Å². The zero-order valence-electron chi connectivity index (χ0n) is 10.9. The summed E-state index contributed by atoms with van der Waals surface area (Å²) in [5.41, 5.74) is 0.918. The van der Waals surface area contributed by atoms with Gasteiger partial charge in [-0.15, -0.1) is 0 Å². The summed E-state index contributed by atoms with van der Waals surface area (Å²) in [5, 5.41) is 14.7. The molecule has 1 atom stereocenters. The van der Waals surface area contributed by atoms with Crippen molar-refractivity contribution < 1.29 is 14.6 Å². The molecule has 18 heavy (non-hydrogen) atoms. The number of thiophene rings is 1. The van der Waals surface area contributed by atoms with Crippen LogP contribution in [0.2, 0.25) is 0 Å².